The van der Waals surface area contributed by atoms with Gasteiger partial charge in [0, 0.05) is 0 Å². The summed E-state index contributed by atoms with van der Waals surface area (Å²) in [5.74, 6) is 0.304. The summed E-state index contributed by atoms with van der Waals surface area (Å²) in [6, 6.07) is 11.8. The fourth-order valence-corrected chi connectivity index (χ4v) is 3.32. The van der Waals surface area contributed by atoms with Crippen LogP contribution in [0.15, 0.2) is 53.6 Å². The zero-order valence-corrected chi connectivity index (χ0v) is 16.1. The number of ether oxygens (including phenoxy) is 1. The number of para-hydroxylation sites is 1. The lowest BCUT2D eigenvalue weighted by Gasteiger charge is -2.20. The molecule has 0 radical (unpaired) electrons. The fourth-order valence-electron chi connectivity index (χ4n) is 3.32. The van der Waals surface area contributed by atoms with Crippen molar-refractivity contribution >= 4 is 0 Å². The fraction of sp³-hybridized carbons (Fsp3) is 0.381. The molecule has 6 heteroatoms. The molecule has 0 unspecified atom stereocenters. The summed E-state index contributed by atoms with van der Waals surface area (Å²) in [4.78, 5) is 12.9. The Kier molecular flexibility index (Phi) is 6.06. The molecule has 27 heavy (non-hydrogen) atoms. The van der Waals surface area contributed by atoms with E-state index in [1.54, 1.807) is 17.1 Å². The van der Waals surface area contributed by atoms with E-state index in [1.165, 1.54) is 7.11 Å². The molecule has 3 aromatic rings. The second-order valence-corrected chi connectivity index (χ2v) is 6.55. The Morgan fingerprint density at radius 1 is 1.07 bits per heavy atom. The summed E-state index contributed by atoms with van der Waals surface area (Å²) in [5, 5.41) is 9.10. The highest BCUT2D eigenvalue weighted by Gasteiger charge is 2.19. The Bertz CT molecular complexity index is 925. The molecule has 0 aliphatic carbocycles. The Balaban J connectivity index is 2.15. The average Bonchev–Trinajstić information content (AvgIpc) is 3.18. The van der Waals surface area contributed by atoms with E-state index < -0.39 is 0 Å². The number of aromatic nitrogens is 4. The molecule has 1 aromatic carbocycles. The van der Waals surface area contributed by atoms with E-state index >= 15 is 0 Å². The second-order valence-electron chi connectivity index (χ2n) is 6.55. The van der Waals surface area contributed by atoms with Crippen molar-refractivity contribution in [1.82, 2.24) is 19.6 Å². The maximum absolute atomic E-state index is 12.9. The Labute approximate surface area is 159 Å². The number of nitrogens with zero attached hydrogens (tertiary/aromatic N) is 4. The monoisotopic (exact) mass is 366 g/mol. The summed E-state index contributed by atoms with van der Waals surface area (Å²) in [7, 11) is 1.52. The maximum Gasteiger partial charge on any atom is 0.251 e. The molecule has 3 rings (SSSR count). The quantitative estimate of drug-likeness (QED) is 0.598. The van der Waals surface area contributed by atoms with Gasteiger partial charge in [0.25, 0.3) is 5.43 Å². The van der Waals surface area contributed by atoms with Crippen molar-refractivity contribution < 1.29 is 4.74 Å². The molecule has 0 atom stereocenters. The van der Waals surface area contributed by atoms with Crippen LogP contribution < -0.4 is 10.2 Å². The Morgan fingerprint density at radius 2 is 1.78 bits per heavy atom. The third-order valence-corrected chi connectivity index (χ3v) is 4.63. The minimum Gasteiger partial charge on any atom is -0.491 e. The summed E-state index contributed by atoms with van der Waals surface area (Å²) >= 11 is 0. The second kappa shape index (κ2) is 8.66. The zero-order chi connectivity index (χ0) is 19.2. The van der Waals surface area contributed by atoms with Gasteiger partial charge in [0.1, 0.15) is 0 Å². The Hall–Kier alpha value is -2.89. The molecule has 0 N–H and O–H groups in total. The van der Waals surface area contributed by atoms with Crippen LogP contribution >= 0.6 is 0 Å². The van der Waals surface area contributed by atoms with E-state index in [4.69, 9.17) is 9.84 Å². The van der Waals surface area contributed by atoms with Crippen molar-refractivity contribution in [1.29, 1.82) is 0 Å². The average molecular weight is 366 g/mol. The molecule has 0 saturated carbocycles. The number of hydrogen-bond donors (Lipinski definition) is 0. The van der Waals surface area contributed by atoms with Crippen molar-refractivity contribution in [2.24, 2.45) is 0 Å². The van der Waals surface area contributed by atoms with E-state index in [2.05, 4.69) is 18.9 Å². The minimum absolute atomic E-state index is 0.224. The Morgan fingerprint density at radius 3 is 2.41 bits per heavy atom. The summed E-state index contributed by atoms with van der Waals surface area (Å²) in [6.45, 7) is 4.32. The van der Waals surface area contributed by atoms with Gasteiger partial charge in [-0.05, 0) is 31.0 Å². The van der Waals surface area contributed by atoms with Crippen LogP contribution in [0.4, 0.5) is 0 Å². The molecule has 0 aliphatic heterocycles. The van der Waals surface area contributed by atoms with Gasteiger partial charge in [-0.1, -0.05) is 44.9 Å². The number of hydrogen-bond acceptors (Lipinski definition) is 4. The van der Waals surface area contributed by atoms with Gasteiger partial charge < -0.3 is 4.74 Å². The first-order valence-electron chi connectivity index (χ1n) is 9.46. The molecule has 0 saturated heterocycles. The van der Waals surface area contributed by atoms with E-state index in [-0.39, 0.29) is 11.5 Å². The SMILES string of the molecule is CCCC(CCC)n1cc(OC)c(=O)c(-c2ccnn2-c2ccccc2)n1. The van der Waals surface area contributed by atoms with E-state index in [0.717, 1.165) is 31.4 Å². The lowest BCUT2D eigenvalue weighted by atomic mass is 10.1. The van der Waals surface area contributed by atoms with Gasteiger partial charge in [-0.2, -0.15) is 10.2 Å². The topological polar surface area (TPSA) is 61.9 Å². The normalized spacial score (nSPS) is 11.1. The first-order chi connectivity index (χ1) is 13.2. The molecule has 6 nitrogen and oxygen atoms in total. The highest BCUT2D eigenvalue weighted by Crippen LogP contribution is 2.24. The van der Waals surface area contributed by atoms with Crippen LogP contribution in [0.1, 0.15) is 45.6 Å². The van der Waals surface area contributed by atoms with Crippen LogP contribution in [0, 0.1) is 0 Å². The van der Waals surface area contributed by atoms with Gasteiger partial charge in [0.15, 0.2) is 11.4 Å². The molecule has 0 aliphatic rings. The zero-order valence-electron chi connectivity index (χ0n) is 16.1. The first-order valence-corrected chi connectivity index (χ1v) is 9.46. The largest absolute Gasteiger partial charge is 0.491 e. The van der Waals surface area contributed by atoms with E-state index in [9.17, 15) is 4.79 Å². The van der Waals surface area contributed by atoms with Gasteiger partial charge in [-0.3, -0.25) is 9.48 Å². The van der Waals surface area contributed by atoms with Gasteiger partial charge >= 0.3 is 0 Å². The smallest absolute Gasteiger partial charge is 0.251 e. The van der Waals surface area contributed by atoms with E-state index in [1.807, 2.05) is 41.1 Å². The van der Waals surface area contributed by atoms with Crippen molar-refractivity contribution in [3.8, 4) is 22.8 Å². The molecular formula is C21H26N4O2. The van der Waals surface area contributed by atoms with Crippen molar-refractivity contribution in [2.75, 3.05) is 7.11 Å². The molecular weight excluding hydrogens is 340 g/mol. The molecule has 142 valence electrons. The summed E-state index contributed by atoms with van der Waals surface area (Å²) < 4.78 is 9.01. The predicted molar refractivity (Wildman–Crippen MR) is 106 cm³/mol. The number of benzene rings is 1. The highest BCUT2D eigenvalue weighted by atomic mass is 16.5. The molecule has 2 aromatic heterocycles. The predicted octanol–water partition coefficient (Wildman–Crippen LogP) is 4.25. The molecule has 2 heterocycles. The van der Waals surface area contributed by atoms with Crippen LogP contribution in [-0.2, 0) is 0 Å². The van der Waals surface area contributed by atoms with Crippen LogP contribution in [0.2, 0.25) is 0 Å². The highest BCUT2D eigenvalue weighted by molar-refractivity contribution is 5.58. The van der Waals surface area contributed by atoms with Gasteiger partial charge in [-0.15, -0.1) is 0 Å². The standard InChI is InChI=1S/C21H26N4O2/c1-4-9-16(10-5-2)24-15-19(27-3)21(26)20(23-24)18-13-14-22-25(18)17-11-7-6-8-12-17/h6-8,11-16H,4-5,9-10H2,1-3H3. The van der Waals surface area contributed by atoms with Gasteiger partial charge in [0.2, 0.25) is 0 Å². The summed E-state index contributed by atoms with van der Waals surface area (Å²) in [5.41, 5.74) is 1.67. The lowest BCUT2D eigenvalue weighted by Crippen LogP contribution is -2.21. The molecule has 0 fully saturated rings. The molecule has 0 spiro atoms. The van der Waals surface area contributed by atoms with Crippen molar-refractivity contribution in [3.05, 3.63) is 59.0 Å². The van der Waals surface area contributed by atoms with Crippen LogP contribution in [0.5, 0.6) is 5.75 Å². The van der Waals surface area contributed by atoms with Gasteiger partial charge in [-0.25, -0.2) is 4.68 Å². The van der Waals surface area contributed by atoms with Gasteiger partial charge in [0.05, 0.1) is 36.9 Å². The van der Waals surface area contributed by atoms with Crippen LogP contribution in [0.3, 0.4) is 0 Å². The maximum atomic E-state index is 12.9. The molecule has 0 amide bonds. The van der Waals surface area contributed by atoms with E-state index in [0.29, 0.717) is 17.1 Å². The number of methoxy groups -OCH3 is 1. The van der Waals surface area contributed by atoms with Crippen LogP contribution in [-0.4, -0.2) is 26.7 Å². The van der Waals surface area contributed by atoms with Crippen molar-refractivity contribution in [2.45, 2.75) is 45.6 Å². The lowest BCUT2D eigenvalue weighted by molar-refractivity contribution is 0.361. The van der Waals surface area contributed by atoms with Crippen LogP contribution in [0.25, 0.3) is 17.1 Å². The minimum atomic E-state index is -0.224. The third-order valence-electron chi connectivity index (χ3n) is 4.63. The number of rotatable bonds is 8. The third kappa shape index (κ3) is 3.94. The summed E-state index contributed by atoms with van der Waals surface area (Å²) in [6.07, 6.45) is 7.53. The van der Waals surface area contributed by atoms with Crippen molar-refractivity contribution in [3.63, 3.8) is 0 Å². The molecule has 0 bridgehead atoms. The first kappa shape index (κ1) is 18.9.